The number of halogens is 1. The Bertz CT molecular complexity index is 346. The Kier molecular flexibility index (Phi) is 2.97. The van der Waals surface area contributed by atoms with Gasteiger partial charge in [0.05, 0.1) is 0 Å². The maximum absolute atomic E-state index is 12.6. The predicted molar refractivity (Wildman–Crippen MR) is 56.0 cm³/mol. The maximum Gasteiger partial charge on any atom is 0.224 e. The van der Waals surface area contributed by atoms with E-state index in [1.807, 2.05) is 0 Å². The first-order valence-electron chi connectivity index (χ1n) is 5.00. The fraction of sp³-hybridized carbons (Fsp3) is 0.364. The molecule has 0 radical (unpaired) electrons. The van der Waals surface area contributed by atoms with Crippen LogP contribution in [-0.4, -0.2) is 19.0 Å². The Morgan fingerprint density at radius 3 is 2.60 bits per heavy atom. The van der Waals surface area contributed by atoms with Crippen molar-refractivity contribution in [2.24, 2.45) is 5.92 Å². The van der Waals surface area contributed by atoms with Crippen molar-refractivity contribution >= 4 is 11.6 Å². The van der Waals surface area contributed by atoms with Crippen LogP contribution in [0.25, 0.3) is 0 Å². The van der Waals surface area contributed by atoms with Gasteiger partial charge in [0.25, 0.3) is 0 Å². The molecule has 1 aliphatic heterocycles. The van der Waals surface area contributed by atoms with Crippen LogP contribution in [0.1, 0.15) is 6.42 Å². The fourth-order valence-electron chi connectivity index (χ4n) is 1.50. The lowest BCUT2D eigenvalue weighted by Gasteiger charge is -2.26. The number of benzene rings is 1. The summed E-state index contributed by atoms with van der Waals surface area (Å²) in [6.45, 7) is 1.83. The number of hydrogen-bond acceptors (Lipinski definition) is 2. The van der Waals surface area contributed by atoms with Crippen molar-refractivity contribution in [3.05, 3.63) is 30.1 Å². The van der Waals surface area contributed by atoms with Crippen molar-refractivity contribution in [1.82, 2.24) is 5.32 Å². The van der Waals surface area contributed by atoms with Gasteiger partial charge < -0.3 is 10.6 Å². The summed E-state index contributed by atoms with van der Waals surface area (Å²) in [5.41, 5.74) is 0.647. The Balaban J connectivity index is 1.84. The number of rotatable bonds is 3. The minimum absolute atomic E-state index is 0.00638. The molecule has 4 heteroatoms. The van der Waals surface area contributed by atoms with E-state index in [9.17, 15) is 9.18 Å². The van der Waals surface area contributed by atoms with Gasteiger partial charge in [-0.25, -0.2) is 4.39 Å². The third-order valence-electron chi connectivity index (χ3n) is 2.47. The molecule has 0 bridgehead atoms. The van der Waals surface area contributed by atoms with Crippen molar-refractivity contribution in [1.29, 1.82) is 0 Å². The molecule has 1 aliphatic rings. The largest absolute Gasteiger partial charge is 0.326 e. The molecule has 2 N–H and O–H groups in total. The minimum Gasteiger partial charge on any atom is -0.326 e. The van der Waals surface area contributed by atoms with E-state index in [1.54, 1.807) is 12.1 Å². The number of nitrogens with one attached hydrogen (secondary N) is 2. The number of amides is 1. The van der Waals surface area contributed by atoms with Gasteiger partial charge in [0.15, 0.2) is 0 Å². The molecule has 0 aromatic heterocycles. The van der Waals surface area contributed by atoms with Crippen LogP contribution in [0.3, 0.4) is 0 Å². The van der Waals surface area contributed by atoms with Crippen LogP contribution >= 0.6 is 0 Å². The Morgan fingerprint density at radius 2 is 2.07 bits per heavy atom. The van der Waals surface area contributed by atoms with Gasteiger partial charge in [-0.3, -0.25) is 4.79 Å². The van der Waals surface area contributed by atoms with E-state index in [-0.39, 0.29) is 11.7 Å². The van der Waals surface area contributed by atoms with Gasteiger partial charge >= 0.3 is 0 Å². The molecule has 2 rings (SSSR count). The Morgan fingerprint density at radius 1 is 1.40 bits per heavy atom. The molecule has 1 saturated heterocycles. The molecule has 0 saturated carbocycles. The van der Waals surface area contributed by atoms with E-state index in [4.69, 9.17) is 0 Å². The lowest BCUT2D eigenvalue weighted by molar-refractivity contribution is -0.117. The van der Waals surface area contributed by atoms with Crippen molar-refractivity contribution in [3.63, 3.8) is 0 Å². The zero-order valence-electron chi connectivity index (χ0n) is 8.29. The highest BCUT2D eigenvalue weighted by molar-refractivity contribution is 5.90. The lowest BCUT2D eigenvalue weighted by atomic mass is 9.99. The van der Waals surface area contributed by atoms with Crippen LogP contribution in [-0.2, 0) is 4.79 Å². The molecule has 1 amide bonds. The van der Waals surface area contributed by atoms with Crippen LogP contribution in [0.2, 0.25) is 0 Å². The Hall–Kier alpha value is -1.42. The maximum atomic E-state index is 12.6. The van der Waals surface area contributed by atoms with E-state index in [1.165, 1.54) is 12.1 Å². The van der Waals surface area contributed by atoms with Crippen molar-refractivity contribution in [2.45, 2.75) is 6.42 Å². The Labute approximate surface area is 87.7 Å². The average molecular weight is 208 g/mol. The highest BCUT2D eigenvalue weighted by Gasteiger charge is 2.19. The van der Waals surface area contributed by atoms with E-state index in [0.717, 1.165) is 13.1 Å². The van der Waals surface area contributed by atoms with Gasteiger partial charge in [-0.1, -0.05) is 0 Å². The summed E-state index contributed by atoms with van der Waals surface area (Å²) in [7, 11) is 0. The summed E-state index contributed by atoms with van der Waals surface area (Å²) in [6.07, 6.45) is 0.532. The van der Waals surface area contributed by atoms with Gasteiger partial charge in [0, 0.05) is 12.1 Å². The summed E-state index contributed by atoms with van der Waals surface area (Å²) in [6, 6.07) is 5.79. The first-order valence-corrected chi connectivity index (χ1v) is 5.00. The summed E-state index contributed by atoms with van der Waals surface area (Å²) in [5, 5.41) is 5.84. The minimum atomic E-state index is -0.295. The van der Waals surface area contributed by atoms with Crippen LogP contribution < -0.4 is 10.6 Å². The molecule has 1 aromatic carbocycles. The molecule has 0 spiro atoms. The normalized spacial score (nSPS) is 15.8. The number of anilines is 1. The molecule has 0 unspecified atom stereocenters. The summed E-state index contributed by atoms with van der Waals surface area (Å²) < 4.78 is 12.6. The van der Waals surface area contributed by atoms with Crippen LogP contribution in [0.4, 0.5) is 10.1 Å². The zero-order valence-corrected chi connectivity index (χ0v) is 8.29. The summed E-state index contributed by atoms with van der Waals surface area (Å²) in [5.74, 6) is 0.148. The zero-order chi connectivity index (χ0) is 10.7. The van der Waals surface area contributed by atoms with E-state index >= 15 is 0 Å². The third kappa shape index (κ3) is 2.76. The first-order chi connectivity index (χ1) is 7.24. The second-order valence-electron chi connectivity index (χ2n) is 3.78. The predicted octanol–water partition coefficient (Wildman–Crippen LogP) is 1.37. The number of carbonyl (C=O) groups excluding carboxylic acids is 1. The molecular weight excluding hydrogens is 195 g/mol. The monoisotopic (exact) mass is 208 g/mol. The molecule has 80 valence electrons. The second kappa shape index (κ2) is 4.40. The smallest absolute Gasteiger partial charge is 0.224 e. The first kappa shape index (κ1) is 10.1. The van der Waals surface area contributed by atoms with Crippen LogP contribution in [0.15, 0.2) is 24.3 Å². The summed E-state index contributed by atoms with van der Waals surface area (Å²) >= 11 is 0. The number of carbonyl (C=O) groups is 1. The van der Waals surface area contributed by atoms with Crippen molar-refractivity contribution in [2.75, 3.05) is 18.4 Å². The standard InChI is InChI=1S/C11H13FN2O/c12-9-1-3-10(4-2-9)14-11(15)5-8-6-13-7-8/h1-4,8,13H,5-7H2,(H,14,15). The van der Waals surface area contributed by atoms with E-state index < -0.39 is 0 Å². The highest BCUT2D eigenvalue weighted by Crippen LogP contribution is 2.12. The molecule has 0 atom stereocenters. The molecule has 1 heterocycles. The quantitative estimate of drug-likeness (QED) is 0.787. The van der Waals surface area contributed by atoms with Gasteiger partial charge in [-0.2, -0.15) is 0 Å². The van der Waals surface area contributed by atoms with E-state index in [0.29, 0.717) is 18.0 Å². The van der Waals surface area contributed by atoms with Crippen LogP contribution in [0.5, 0.6) is 0 Å². The molecule has 1 aromatic rings. The lowest BCUT2D eigenvalue weighted by Crippen LogP contribution is -2.43. The van der Waals surface area contributed by atoms with Gasteiger partial charge in [-0.15, -0.1) is 0 Å². The summed E-state index contributed by atoms with van der Waals surface area (Å²) in [4.78, 5) is 11.5. The molecule has 0 aliphatic carbocycles. The van der Waals surface area contributed by atoms with Gasteiger partial charge in [0.2, 0.25) is 5.91 Å². The number of hydrogen-bond donors (Lipinski definition) is 2. The second-order valence-corrected chi connectivity index (χ2v) is 3.78. The van der Waals surface area contributed by atoms with Gasteiger partial charge in [-0.05, 0) is 43.3 Å². The third-order valence-corrected chi connectivity index (χ3v) is 2.47. The molecule has 1 fully saturated rings. The fourth-order valence-corrected chi connectivity index (χ4v) is 1.50. The topological polar surface area (TPSA) is 41.1 Å². The molecule has 15 heavy (non-hydrogen) atoms. The molecule has 3 nitrogen and oxygen atoms in total. The van der Waals surface area contributed by atoms with Crippen molar-refractivity contribution < 1.29 is 9.18 Å². The highest BCUT2D eigenvalue weighted by atomic mass is 19.1. The van der Waals surface area contributed by atoms with Crippen LogP contribution in [0, 0.1) is 11.7 Å². The van der Waals surface area contributed by atoms with Crippen molar-refractivity contribution in [3.8, 4) is 0 Å². The van der Waals surface area contributed by atoms with Gasteiger partial charge in [0.1, 0.15) is 5.82 Å². The van der Waals surface area contributed by atoms with E-state index in [2.05, 4.69) is 10.6 Å². The SMILES string of the molecule is O=C(CC1CNC1)Nc1ccc(F)cc1. The average Bonchev–Trinajstić information content (AvgIpc) is 2.16. The molecular formula is C11H13FN2O.